The molecule has 0 amide bonds. The summed E-state index contributed by atoms with van der Waals surface area (Å²) in [4.78, 5) is 17.0. The molecule has 6 nitrogen and oxygen atoms in total. The summed E-state index contributed by atoms with van der Waals surface area (Å²) in [6, 6.07) is 0. The summed E-state index contributed by atoms with van der Waals surface area (Å²) in [5.74, 6) is 2.92. The van der Waals surface area contributed by atoms with Crippen LogP contribution in [0.1, 0.15) is 43.5 Å². The van der Waals surface area contributed by atoms with Gasteiger partial charge in [0.15, 0.2) is 5.82 Å². The minimum absolute atomic E-state index is 0.228. The van der Waals surface area contributed by atoms with E-state index in [1.54, 1.807) is 4.88 Å². The third-order valence-electron chi connectivity index (χ3n) is 6.51. The monoisotopic (exact) mass is 417 g/mol. The molecule has 2 aromatic heterocycles. The Morgan fingerprint density at radius 2 is 1.86 bits per heavy atom. The first kappa shape index (κ1) is 19.7. The lowest BCUT2D eigenvalue weighted by atomic mass is 9.89. The molecular weight excluding hydrogens is 384 g/mol. The van der Waals surface area contributed by atoms with Crippen LogP contribution < -0.4 is 9.80 Å². The summed E-state index contributed by atoms with van der Waals surface area (Å²) in [5, 5.41) is 1.33. The smallest absolute Gasteiger partial charge is 0.187 e. The van der Waals surface area contributed by atoms with Crippen molar-refractivity contribution in [3.05, 3.63) is 16.3 Å². The van der Waals surface area contributed by atoms with Gasteiger partial charge in [0.1, 0.15) is 30.3 Å². The van der Waals surface area contributed by atoms with Gasteiger partial charge in [0.25, 0.3) is 0 Å². The number of fused-ring (bicyclic) bond motifs is 3. The summed E-state index contributed by atoms with van der Waals surface area (Å²) in [5.41, 5.74) is 1.52. The van der Waals surface area contributed by atoms with E-state index in [4.69, 9.17) is 19.4 Å². The zero-order valence-corrected chi connectivity index (χ0v) is 18.7. The second-order valence-corrected chi connectivity index (χ2v) is 10.3. The van der Waals surface area contributed by atoms with Crippen molar-refractivity contribution in [2.75, 3.05) is 44.3 Å². The molecule has 7 heteroatoms. The van der Waals surface area contributed by atoms with E-state index < -0.39 is 0 Å². The molecule has 0 spiro atoms. The third kappa shape index (κ3) is 4.02. The third-order valence-corrected chi connectivity index (χ3v) is 7.66. The molecule has 1 N–H and O–H groups in total. The molecule has 158 valence electrons. The average Bonchev–Trinajstić information content (AvgIpc) is 3.04. The molecule has 2 saturated heterocycles. The van der Waals surface area contributed by atoms with Gasteiger partial charge in [-0.3, -0.25) is 0 Å². The quantitative estimate of drug-likeness (QED) is 0.826. The van der Waals surface area contributed by atoms with Crippen molar-refractivity contribution in [2.45, 2.75) is 58.8 Å². The normalized spacial score (nSPS) is 28.7. The van der Waals surface area contributed by atoms with E-state index in [1.165, 1.54) is 33.5 Å². The van der Waals surface area contributed by atoms with Crippen LogP contribution in [-0.4, -0.2) is 61.6 Å². The molecule has 3 atom stereocenters. The SMILES string of the molecule is C[C@@H]1CCc2c(sc3nc(C[NH+]4CCOCC4)nc(N4C[C@@H](C)O[C@@H](C)C4)c23)C1. The van der Waals surface area contributed by atoms with E-state index in [-0.39, 0.29) is 12.2 Å². The van der Waals surface area contributed by atoms with Crippen LogP contribution in [-0.2, 0) is 28.9 Å². The molecule has 3 aliphatic rings. The van der Waals surface area contributed by atoms with E-state index in [2.05, 4.69) is 25.7 Å². The first-order chi connectivity index (χ1) is 14.1. The van der Waals surface area contributed by atoms with Gasteiger partial charge in [-0.1, -0.05) is 6.92 Å². The summed E-state index contributed by atoms with van der Waals surface area (Å²) in [6.45, 7) is 13.2. The highest BCUT2D eigenvalue weighted by atomic mass is 32.1. The molecule has 2 aromatic rings. The van der Waals surface area contributed by atoms with Crippen LogP contribution in [0.25, 0.3) is 10.2 Å². The number of nitrogens with zero attached hydrogens (tertiary/aromatic N) is 3. The molecule has 29 heavy (non-hydrogen) atoms. The van der Waals surface area contributed by atoms with Crippen LogP contribution in [0.2, 0.25) is 0 Å². The fraction of sp³-hybridized carbons (Fsp3) is 0.727. The first-order valence-electron chi connectivity index (χ1n) is 11.2. The molecule has 5 rings (SSSR count). The van der Waals surface area contributed by atoms with Crippen LogP contribution in [0, 0.1) is 5.92 Å². The van der Waals surface area contributed by atoms with Gasteiger partial charge in [-0.2, -0.15) is 0 Å². The van der Waals surface area contributed by atoms with E-state index in [9.17, 15) is 0 Å². The maximum absolute atomic E-state index is 6.01. The number of morpholine rings is 2. The van der Waals surface area contributed by atoms with Crippen LogP contribution in [0.5, 0.6) is 0 Å². The van der Waals surface area contributed by atoms with Crippen molar-refractivity contribution >= 4 is 27.4 Å². The van der Waals surface area contributed by atoms with Gasteiger partial charge in [-0.05, 0) is 44.6 Å². The standard InChI is InChI=1S/C22H32N4O2S/c1-14-4-5-17-18(10-14)29-22-20(17)21(26-11-15(2)28-16(3)12-26)23-19(24-22)13-25-6-8-27-9-7-25/h14-16H,4-13H2,1-3H3/p+1/t14-,15-,16+/m1/s1. The molecule has 0 aromatic carbocycles. The highest BCUT2D eigenvalue weighted by Gasteiger charge is 2.30. The zero-order valence-electron chi connectivity index (χ0n) is 17.9. The highest BCUT2D eigenvalue weighted by Crippen LogP contribution is 2.41. The molecule has 0 unspecified atom stereocenters. The largest absolute Gasteiger partial charge is 0.372 e. The molecule has 1 aliphatic carbocycles. The number of ether oxygens (including phenoxy) is 2. The average molecular weight is 418 g/mol. The van der Waals surface area contributed by atoms with E-state index in [0.29, 0.717) is 0 Å². The summed E-state index contributed by atoms with van der Waals surface area (Å²) >= 11 is 1.92. The number of quaternary nitrogens is 1. The Bertz CT molecular complexity index is 869. The fourth-order valence-electron chi connectivity index (χ4n) is 5.09. The van der Waals surface area contributed by atoms with Crippen molar-refractivity contribution in [3.63, 3.8) is 0 Å². The Kier molecular flexibility index (Phi) is 5.49. The van der Waals surface area contributed by atoms with Crippen molar-refractivity contribution in [1.29, 1.82) is 0 Å². The number of anilines is 1. The lowest BCUT2D eigenvalue weighted by Gasteiger charge is -2.36. The number of thiophene rings is 1. The number of hydrogen-bond acceptors (Lipinski definition) is 6. The fourth-order valence-corrected chi connectivity index (χ4v) is 6.48. The molecule has 0 saturated carbocycles. The Morgan fingerprint density at radius 3 is 2.62 bits per heavy atom. The molecule has 4 heterocycles. The van der Waals surface area contributed by atoms with Gasteiger partial charge in [0.05, 0.1) is 30.8 Å². The molecule has 2 fully saturated rings. The van der Waals surface area contributed by atoms with Crippen molar-refractivity contribution < 1.29 is 14.4 Å². The lowest BCUT2D eigenvalue weighted by Crippen LogP contribution is -3.12. The van der Waals surface area contributed by atoms with Crippen LogP contribution in [0.15, 0.2) is 0 Å². The highest BCUT2D eigenvalue weighted by molar-refractivity contribution is 7.19. The minimum atomic E-state index is 0.228. The van der Waals surface area contributed by atoms with Crippen LogP contribution in [0.3, 0.4) is 0 Å². The molecule has 0 radical (unpaired) electrons. The summed E-state index contributed by atoms with van der Waals surface area (Å²) in [7, 11) is 0. The van der Waals surface area contributed by atoms with Crippen molar-refractivity contribution in [2.24, 2.45) is 5.92 Å². The van der Waals surface area contributed by atoms with Gasteiger partial charge in [-0.25, -0.2) is 9.97 Å². The second-order valence-electron chi connectivity index (χ2n) is 9.20. The topological polar surface area (TPSA) is 51.9 Å². The van der Waals surface area contributed by atoms with E-state index in [0.717, 1.165) is 69.9 Å². The predicted octanol–water partition coefficient (Wildman–Crippen LogP) is 1.84. The molecule has 0 bridgehead atoms. The summed E-state index contributed by atoms with van der Waals surface area (Å²) < 4.78 is 11.5. The number of nitrogens with one attached hydrogen (secondary N) is 1. The van der Waals surface area contributed by atoms with Gasteiger partial charge in [-0.15, -0.1) is 11.3 Å². The Balaban J connectivity index is 1.57. The predicted molar refractivity (Wildman–Crippen MR) is 116 cm³/mol. The maximum atomic E-state index is 6.01. The molecular formula is C22H33N4O2S+. The first-order valence-corrected chi connectivity index (χ1v) is 12.0. The lowest BCUT2D eigenvalue weighted by molar-refractivity contribution is -0.922. The molecule has 2 aliphatic heterocycles. The number of rotatable bonds is 3. The van der Waals surface area contributed by atoms with Gasteiger partial charge >= 0.3 is 0 Å². The summed E-state index contributed by atoms with van der Waals surface area (Å²) in [6.07, 6.45) is 4.08. The number of aryl methyl sites for hydroxylation is 1. The van der Waals surface area contributed by atoms with Gasteiger partial charge in [0, 0.05) is 18.0 Å². The Morgan fingerprint density at radius 1 is 1.10 bits per heavy atom. The Labute approximate surface area is 177 Å². The van der Waals surface area contributed by atoms with Gasteiger partial charge in [0.2, 0.25) is 0 Å². The van der Waals surface area contributed by atoms with E-state index in [1.807, 2.05) is 11.3 Å². The van der Waals surface area contributed by atoms with Crippen LogP contribution in [0.4, 0.5) is 5.82 Å². The second kappa shape index (κ2) is 8.10. The Hall–Kier alpha value is -1.28. The minimum Gasteiger partial charge on any atom is -0.372 e. The van der Waals surface area contributed by atoms with Crippen LogP contribution >= 0.6 is 11.3 Å². The van der Waals surface area contributed by atoms with Crippen molar-refractivity contribution in [1.82, 2.24) is 9.97 Å². The maximum Gasteiger partial charge on any atom is 0.187 e. The van der Waals surface area contributed by atoms with Gasteiger partial charge < -0.3 is 19.3 Å². The zero-order chi connectivity index (χ0) is 20.0. The number of hydrogen-bond donors (Lipinski definition) is 1. The van der Waals surface area contributed by atoms with E-state index >= 15 is 0 Å². The number of aromatic nitrogens is 2. The van der Waals surface area contributed by atoms with Crippen molar-refractivity contribution in [3.8, 4) is 0 Å².